The zero-order chi connectivity index (χ0) is 32.2. The van der Waals surface area contributed by atoms with Crippen molar-refractivity contribution in [2.75, 3.05) is 18.9 Å². The van der Waals surface area contributed by atoms with E-state index in [1.54, 1.807) is 0 Å². The average molecular weight is 671 g/mol. The van der Waals surface area contributed by atoms with Gasteiger partial charge in [0.05, 0.1) is 19.5 Å². The number of phosphoric ester groups is 2. The number of hydrogen-bond acceptors (Lipinski definition) is 17. The largest absolute Gasteiger partial charge is 0.481 e. The summed E-state index contributed by atoms with van der Waals surface area (Å²) in [5.74, 6) is -0.631. The number of imidazole rings is 1. The molecule has 22 heteroatoms. The Kier molecular flexibility index (Phi) is 11.4. The minimum atomic E-state index is -5.36. The molecule has 10 atom stereocenters. The summed E-state index contributed by atoms with van der Waals surface area (Å²) in [5.41, 5.74) is 6.11. The second kappa shape index (κ2) is 14.5. The van der Waals surface area contributed by atoms with E-state index < -0.39 is 84.0 Å². The predicted molar refractivity (Wildman–Crippen MR) is 144 cm³/mol. The van der Waals surface area contributed by atoms with Crippen LogP contribution in [0.5, 0.6) is 0 Å². The van der Waals surface area contributed by atoms with Crippen LogP contribution >= 0.6 is 15.6 Å². The lowest BCUT2D eigenvalue weighted by Gasteiger charge is -2.21. The summed E-state index contributed by atoms with van der Waals surface area (Å²) in [5, 5.41) is 41.3. The van der Waals surface area contributed by atoms with Crippen LogP contribution in [0.25, 0.3) is 11.2 Å². The summed E-state index contributed by atoms with van der Waals surface area (Å²) in [4.78, 5) is 43.8. The van der Waals surface area contributed by atoms with E-state index in [9.17, 15) is 44.1 Å². The van der Waals surface area contributed by atoms with Crippen molar-refractivity contribution >= 4 is 38.6 Å². The Balaban J connectivity index is 1.26. The highest BCUT2D eigenvalue weighted by Crippen LogP contribution is 2.60. The number of carbonyl (C=O) groups excluding carboxylic acids is 1. The van der Waals surface area contributed by atoms with Gasteiger partial charge in [-0.2, -0.15) is 4.31 Å². The number of esters is 1. The van der Waals surface area contributed by atoms with Gasteiger partial charge in [-0.1, -0.05) is 26.2 Å². The van der Waals surface area contributed by atoms with Crippen molar-refractivity contribution in [2.24, 2.45) is 0 Å². The topological polar surface area (TPSA) is 298 Å². The van der Waals surface area contributed by atoms with E-state index in [1.165, 1.54) is 10.9 Å². The van der Waals surface area contributed by atoms with Gasteiger partial charge in [0.25, 0.3) is 0 Å². The van der Waals surface area contributed by atoms with Gasteiger partial charge in [-0.15, -0.1) is 0 Å². The van der Waals surface area contributed by atoms with Gasteiger partial charge in [0, 0.05) is 6.42 Å². The molecule has 0 amide bonds. The molecule has 4 heterocycles. The second-order valence-electron chi connectivity index (χ2n) is 10.1. The van der Waals surface area contributed by atoms with E-state index in [0.29, 0.717) is 6.42 Å². The quantitative estimate of drug-likeness (QED) is 0.0695. The molecule has 2 aliphatic heterocycles. The van der Waals surface area contributed by atoms with Crippen LogP contribution in [0.3, 0.4) is 0 Å². The number of nitrogen functional groups attached to an aromatic ring is 1. The Labute approximate surface area is 249 Å². The Hall–Kier alpha value is -2.16. The van der Waals surface area contributed by atoms with Crippen LogP contribution < -0.4 is 5.73 Å². The lowest BCUT2D eigenvalue weighted by atomic mass is 10.1. The fourth-order valence-corrected chi connectivity index (χ4v) is 6.65. The molecule has 2 aromatic rings. The number of rotatable bonds is 15. The van der Waals surface area contributed by atoms with Crippen LogP contribution in [0, 0.1) is 0 Å². The summed E-state index contributed by atoms with van der Waals surface area (Å²) in [6, 6.07) is 0. The van der Waals surface area contributed by atoms with Crippen LogP contribution in [0.4, 0.5) is 5.82 Å². The van der Waals surface area contributed by atoms with Crippen LogP contribution in [0.2, 0.25) is 0 Å². The molecule has 8 N–H and O–H groups in total. The van der Waals surface area contributed by atoms with E-state index in [4.69, 9.17) is 24.5 Å². The fourth-order valence-electron chi connectivity index (χ4n) is 4.56. The first-order valence-corrected chi connectivity index (χ1v) is 16.5. The van der Waals surface area contributed by atoms with E-state index in [-0.39, 0.29) is 23.4 Å². The maximum atomic E-state index is 12.4. The lowest BCUT2D eigenvalue weighted by Crippen LogP contribution is -2.38. The molecular weight excluding hydrogens is 636 g/mol. The summed E-state index contributed by atoms with van der Waals surface area (Å²) in [6.45, 7) is 0.179. The summed E-state index contributed by atoms with van der Waals surface area (Å²) in [7, 11) is -10.7. The number of anilines is 1. The molecule has 2 aliphatic rings. The molecule has 0 aliphatic carbocycles. The Morgan fingerprint density at radius 1 is 0.955 bits per heavy atom. The number of phosphoric acid groups is 2. The highest BCUT2D eigenvalue weighted by atomic mass is 31.3. The molecule has 0 bridgehead atoms. The number of nitrogens with two attached hydrogens (primary N) is 1. The van der Waals surface area contributed by atoms with Gasteiger partial charge in [-0.25, -0.2) is 24.1 Å². The second-order valence-corrected chi connectivity index (χ2v) is 13.1. The zero-order valence-electron chi connectivity index (χ0n) is 23.3. The number of unbranched alkanes of at least 4 members (excludes halogenated alkanes) is 3. The maximum Gasteiger partial charge on any atom is 0.481 e. The summed E-state index contributed by atoms with van der Waals surface area (Å²) >= 11 is 0. The molecule has 2 aromatic heterocycles. The third-order valence-corrected chi connectivity index (χ3v) is 9.43. The number of nitrogens with zero attached hydrogens (tertiary/aromatic N) is 4. The van der Waals surface area contributed by atoms with Gasteiger partial charge >= 0.3 is 21.6 Å². The molecule has 3 unspecified atom stereocenters. The van der Waals surface area contributed by atoms with Crippen molar-refractivity contribution in [1.29, 1.82) is 0 Å². The number of aliphatic hydroxyl groups excluding tert-OH is 4. The predicted octanol–water partition coefficient (Wildman–Crippen LogP) is -0.761. The number of carbonyl (C=O) groups is 1. The minimum Gasteiger partial charge on any atom is -0.454 e. The molecule has 248 valence electrons. The van der Waals surface area contributed by atoms with E-state index >= 15 is 0 Å². The molecule has 44 heavy (non-hydrogen) atoms. The van der Waals surface area contributed by atoms with Crippen molar-refractivity contribution in [2.45, 2.75) is 88.2 Å². The van der Waals surface area contributed by atoms with Crippen LogP contribution in [0.15, 0.2) is 12.7 Å². The minimum absolute atomic E-state index is 0.0512. The third kappa shape index (κ3) is 8.35. The monoisotopic (exact) mass is 671 g/mol. The first-order chi connectivity index (χ1) is 20.7. The number of fused-ring (bicyclic) bond motifs is 1. The summed E-state index contributed by atoms with van der Waals surface area (Å²) < 4.78 is 55.2. The number of aliphatic hydroxyl groups is 4. The fraction of sp³-hybridized carbons (Fsp3) is 0.727. The van der Waals surface area contributed by atoms with Crippen LogP contribution in [0.1, 0.15) is 45.3 Å². The molecule has 0 aromatic carbocycles. The molecule has 0 spiro atoms. The molecule has 0 saturated carbocycles. The standard InChI is InChI=1S/C22H35N5O15P2/c1-2-3-4-5-6-13(28)41-18-16(30)12(40-22(18)32)8-38-44(35,36)42-43(33,34)37-7-11-15(29)17(31)21(39-11)27-10-26-14-19(23)24-9-25-20(14)27/h9-12,15-18,21-22,29-32H,2-8H2,1H3,(H,33,34)(H,35,36)(H2,23,24,25)/t11-,12-,15-,16-,17-,18-,21-,22?/m1/s1. The molecular formula is C22H35N5O15P2. The zero-order valence-corrected chi connectivity index (χ0v) is 25.1. The van der Waals surface area contributed by atoms with E-state index in [0.717, 1.165) is 25.6 Å². The number of aromatic nitrogens is 4. The number of ether oxygens (including phenoxy) is 3. The Morgan fingerprint density at radius 2 is 1.61 bits per heavy atom. The molecule has 20 nitrogen and oxygen atoms in total. The average Bonchev–Trinajstić information content (AvgIpc) is 3.59. The van der Waals surface area contributed by atoms with Crippen LogP contribution in [-0.2, 0) is 41.5 Å². The normalized spacial score (nSPS) is 31.6. The molecule has 2 saturated heterocycles. The van der Waals surface area contributed by atoms with Crippen LogP contribution in [-0.4, -0.2) is 112 Å². The van der Waals surface area contributed by atoms with Gasteiger partial charge in [-0.3, -0.25) is 18.4 Å². The Bertz CT molecular complexity index is 1380. The van der Waals surface area contributed by atoms with E-state index in [2.05, 4.69) is 23.8 Å². The van der Waals surface area contributed by atoms with E-state index in [1.807, 2.05) is 6.92 Å². The first-order valence-electron chi connectivity index (χ1n) is 13.5. The van der Waals surface area contributed by atoms with Crippen molar-refractivity contribution in [3.8, 4) is 0 Å². The maximum absolute atomic E-state index is 12.4. The first kappa shape index (κ1) is 34.7. The van der Waals surface area contributed by atoms with Gasteiger partial charge in [0.15, 0.2) is 30.1 Å². The number of hydrogen-bond donors (Lipinski definition) is 7. The van der Waals surface area contributed by atoms with Crippen molar-refractivity contribution in [1.82, 2.24) is 19.5 Å². The molecule has 0 radical (unpaired) electrons. The lowest BCUT2D eigenvalue weighted by molar-refractivity contribution is -0.173. The van der Waals surface area contributed by atoms with Gasteiger partial charge < -0.3 is 50.2 Å². The van der Waals surface area contributed by atoms with Crippen molar-refractivity contribution in [3.63, 3.8) is 0 Å². The third-order valence-electron chi connectivity index (χ3n) is 6.82. The van der Waals surface area contributed by atoms with Gasteiger partial charge in [0.1, 0.15) is 42.4 Å². The van der Waals surface area contributed by atoms with Crippen molar-refractivity contribution in [3.05, 3.63) is 12.7 Å². The van der Waals surface area contributed by atoms with Gasteiger partial charge in [-0.05, 0) is 6.42 Å². The SMILES string of the molecule is CCCCCCC(=O)O[C@H]1C(O)O[C@H](COP(=O)(O)OP(=O)(O)OC[C@H]2O[C@@H](n3cnc4c(N)ncnc43)[C@H](O)[C@@H]2O)[C@H]1O. The van der Waals surface area contributed by atoms with Gasteiger partial charge in [0.2, 0.25) is 0 Å². The summed E-state index contributed by atoms with van der Waals surface area (Å²) in [6.07, 6.45) is -6.71. The highest BCUT2D eigenvalue weighted by Gasteiger charge is 2.48. The smallest absolute Gasteiger partial charge is 0.454 e. The van der Waals surface area contributed by atoms with Crippen molar-refractivity contribution < 1.29 is 71.7 Å². The molecule has 2 fully saturated rings. The molecule has 4 rings (SSSR count). The highest BCUT2D eigenvalue weighted by molar-refractivity contribution is 7.61. The Morgan fingerprint density at radius 3 is 2.27 bits per heavy atom.